The lowest BCUT2D eigenvalue weighted by molar-refractivity contribution is -0.126. The number of nitrogens with one attached hydrogen (secondary N) is 1. The first-order chi connectivity index (χ1) is 7.52. The van der Waals surface area contributed by atoms with Crippen molar-refractivity contribution < 1.29 is 9.59 Å². The van der Waals surface area contributed by atoms with Crippen molar-refractivity contribution in [2.45, 2.75) is 51.1 Å². The number of carbonyl (C=O) groups excluding carboxylic acids is 2. The summed E-state index contributed by atoms with van der Waals surface area (Å²) >= 11 is 0. The minimum absolute atomic E-state index is 0.0916. The molecule has 0 saturated heterocycles. The van der Waals surface area contributed by atoms with Gasteiger partial charge in [0.25, 0.3) is 0 Å². The lowest BCUT2D eigenvalue weighted by Crippen LogP contribution is -2.46. The van der Waals surface area contributed by atoms with E-state index in [0.717, 1.165) is 18.8 Å². The summed E-state index contributed by atoms with van der Waals surface area (Å²) in [5.41, 5.74) is 10.5. The third kappa shape index (κ3) is 4.61. The third-order valence-corrected chi connectivity index (χ3v) is 2.91. The molecule has 5 N–H and O–H groups in total. The highest BCUT2D eigenvalue weighted by molar-refractivity contribution is 5.87. The molecule has 1 aliphatic carbocycles. The van der Waals surface area contributed by atoms with Gasteiger partial charge in [0.05, 0.1) is 12.5 Å². The summed E-state index contributed by atoms with van der Waals surface area (Å²) in [7, 11) is 0. The van der Waals surface area contributed by atoms with E-state index in [4.69, 9.17) is 11.5 Å². The number of hydrogen-bond donors (Lipinski definition) is 3. The molecule has 1 aliphatic rings. The molecule has 2 amide bonds. The summed E-state index contributed by atoms with van der Waals surface area (Å²) in [5.74, 6) is -0.0539. The van der Waals surface area contributed by atoms with Crippen LogP contribution in [-0.4, -0.2) is 23.9 Å². The van der Waals surface area contributed by atoms with E-state index in [-0.39, 0.29) is 18.4 Å². The zero-order valence-corrected chi connectivity index (χ0v) is 9.74. The first kappa shape index (κ1) is 13.0. The summed E-state index contributed by atoms with van der Waals surface area (Å²) in [4.78, 5) is 22.2. The largest absolute Gasteiger partial charge is 0.370 e. The molecule has 5 heteroatoms. The van der Waals surface area contributed by atoms with Gasteiger partial charge >= 0.3 is 0 Å². The molecule has 92 valence electrons. The third-order valence-electron chi connectivity index (χ3n) is 2.91. The van der Waals surface area contributed by atoms with Gasteiger partial charge in [-0.1, -0.05) is 19.8 Å². The molecular formula is C11H21N3O2. The first-order valence-corrected chi connectivity index (χ1v) is 5.87. The lowest BCUT2D eigenvalue weighted by atomic mass is 10.1. The standard InChI is InChI=1S/C11H21N3O2/c1-2-8(5-7-3-4-7)14-11(16)9(12)6-10(13)15/h7-9H,2-6,12H2,1H3,(H2,13,15)(H,14,16). The lowest BCUT2D eigenvalue weighted by Gasteiger charge is -2.19. The number of nitrogens with two attached hydrogens (primary N) is 2. The van der Waals surface area contributed by atoms with Crippen molar-refractivity contribution in [3.8, 4) is 0 Å². The molecule has 0 aromatic carbocycles. The normalized spacial score (nSPS) is 18.9. The predicted octanol–water partition coefficient (Wildman–Crippen LogP) is -0.116. The molecule has 0 bridgehead atoms. The minimum atomic E-state index is -0.814. The van der Waals surface area contributed by atoms with E-state index in [9.17, 15) is 9.59 Å². The SMILES string of the molecule is CCC(CC1CC1)NC(=O)C(N)CC(N)=O. The van der Waals surface area contributed by atoms with Crippen molar-refractivity contribution in [1.82, 2.24) is 5.32 Å². The van der Waals surface area contributed by atoms with Gasteiger partial charge in [0.1, 0.15) is 0 Å². The molecule has 1 fully saturated rings. The molecule has 0 aromatic heterocycles. The molecule has 2 unspecified atom stereocenters. The van der Waals surface area contributed by atoms with Crippen LogP contribution in [0, 0.1) is 5.92 Å². The van der Waals surface area contributed by atoms with Crippen LogP contribution in [0.3, 0.4) is 0 Å². The van der Waals surface area contributed by atoms with E-state index >= 15 is 0 Å². The van der Waals surface area contributed by atoms with Gasteiger partial charge in [-0.25, -0.2) is 0 Å². The second-order valence-electron chi connectivity index (χ2n) is 4.57. The van der Waals surface area contributed by atoms with Crippen molar-refractivity contribution >= 4 is 11.8 Å². The fourth-order valence-corrected chi connectivity index (χ4v) is 1.70. The summed E-state index contributed by atoms with van der Waals surface area (Å²) in [6.45, 7) is 2.03. The van der Waals surface area contributed by atoms with Crippen LogP contribution >= 0.6 is 0 Å². The zero-order valence-electron chi connectivity index (χ0n) is 9.74. The van der Waals surface area contributed by atoms with Crippen LogP contribution in [0.1, 0.15) is 39.0 Å². The minimum Gasteiger partial charge on any atom is -0.370 e. The van der Waals surface area contributed by atoms with Crippen molar-refractivity contribution in [2.24, 2.45) is 17.4 Å². The van der Waals surface area contributed by atoms with Crippen molar-refractivity contribution in [3.63, 3.8) is 0 Å². The molecular weight excluding hydrogens is 206 g/mol. The van der Waals surface area contributed by atoms with Gasteiger partial charge in [-0.2, -0.15) is 0 Å². The molecule has 5 nitrogen and oxygen atoms in total. The Morgan fingerprint density at radius 2 is 2.06 bits per heavy atom. The Kier molecular flexibility index (Phi) is 4.73. The van der Waals surface area contributed by atoms with Gasteiger partial charge in [-0.05, 0) is 18.8 Å². The zero-order chi connectivity index (χ0) is 12.1. The molecule has 2 atom stereocenters. The van der Waals surface area contributed by atoms with Crippen LogP contribution in [0.5, 0.6) is 0 Å². The maximum atomic E-state index is 11.6. The quantitative estimate of drug-likeness (QED) is 0.565. The van der Waals surface area contributed by atoms with Crippen LogP contribution in [0.15, 0.2) is 0 Å². The Hall–Kier alpha value is -1.10. The predicted molar refractivity (Wildman–Crippen MR) is 61.3 cm³/mol. The maximum Gasteiger partial charge on any atom is 0.237 e. The molecule has 0 radical (unpaired) electrons. The highest BCUT2D eigenvalue weighted by Gasteiger charge is 2.26. The summed E-state index contributed by atoms with van der Waals surface area (Å²) < 4.78 is 0. The summed E-state index contributed by atoms with van der Waals surface area (Å²) in [6, 6.07) is -0.635. The Morgan fingerprint density at radius 3 is 2.50 bits per heavy atom. The van der Waals surface area contributed by atoms with E-state index in [1.165, 1.54) is 12.8 Å². The van der Waals surface area contributed by atoms with Crippen molar-refractivity contribution in [1.29, 1.82) is 0 Å². The van der Waals surface area contributed by atoms with E-state index in [2.05, 4.69) is 5.32 Å². The second kappa shape index (κ2) is 5.84. The molecule has 1 saturated carbocycles. The number of primary amides is 1. The molecule has 0 heterocycles. The van der Waals surface area contributed by atoms with Crippen LogP contribution in [0.2, 0.25) is 0 Å². The number of amides is 2. The fraction of sp³-hybridized carbons (Fsp3) is 0.818. The monoisotopic (exact) mass is 227 g/mol. The Bertz CT molecular complexity index is 264. The van der Waals surface area contributed by atoms with Gasteiger partial charge in [0.2, 0.25) is 11.8 Å². The van der Waals surface area contributed by atoms with Gasteiger partial charge in [-0.15, -0.1) is 0 Å². The number of hydrogen-bond acceptors (Lipinski definition) is 3. The number of rotatable bonds is 7. The summed E-state index contributed by atoms with van der Waals surface area (Å²) in [6.07, 6.45) is 4.35. The molecule has 1 rings (SSSR count). The molecule has 0 aromatic rings. The van der Waals surface area contributed by atoms with Crippen LogP contribution in [0.25, 0.3) is 0 Å². The Balaban J connectivity index is 2.31. The molecule has 0 spiro atoms. The van der Waals surface area contributed by atoms with Gasteiger partial charge < -0.3 is 16.8 Å². The average Bonchev–Trinajstić information content (AvgIpc) is 2.99. The van der Waals surface area contributed by atoms with E-state index in [1.54, 1.807) is 0 Å². The summed E-state index contributed by atoms with van der Waals surface area (Å²) in [5, 5.41) is 2.87. The van der Waals surface area contributed by atoms with Crippen LogP contribution in [-0.2, 0) is 9.59 Å². The van der Waals surface area contributed by atoms with Gasteiger partial charge in [-0.3, -0.25) is 9.59 Å². The average molecular weight is 227 g/mol. The van der Waals surface area contributed by atoms with Crippen LogP contribution in [0.4, 0.5) is 0 Å². The van der Waals surface area contributed by atoms with Crippen LogP contribution < -0.4 is 16.8 Å². The van der Waals surface area contributed by atoms with Crippen molar-refractivity contribution in [3.05, 3.63) is 0 Å². The Labute approximate surface area is 95.9 Å². The first-order valence-electron chi connectivity index (χ1n) is 5.87. The van der Waals surface area contributed by atoms with E-state index in [0.29, 0.717) is 0 Å². The smallest absolute Gasteiger partial charge is 0.237 e. The Morgan fingerprint density at radius 1 is 1.44 bits per heavy atom. The topological polar surface area (TPSA) is 98.2 Å². The maximum absolute atomic E-state index is 11.6. The van der Waals surface area contributed by atoms with Crippen molar-refractivity contribution in [2.75, 3.05) is 0 Å². The highest BCUT2D eigenvalue weighted by atomic mass is 16.2. The number of carbonyl (C=O) groups is 2. The highest BCUT2D eigenvalue weighted by Crippen LogP contribution is 2.33. The van der Waals surface area contributed by atoms with E-state index in [1.807, 2.05) is 6.92 Å². The molecule has 0 aliphatic heterocycles. The fourth-order valence-electron chi connectivity index (χ4n) is 1.70. The van der Waals surface area contributed by atoms with Gasteiger partial charge in [0.15, 0.2) is 0 Å². The molecule has 16 heavy (non-hydrogen) atoms. The second-order valence-corrected chi connectivity index (χ2v) is 4.57. The van der Waals surface area contributed by atoms with Gasteiger partial charge in [0, 0.05) is 6.04 Å². The van der Waals surface area contributed by atoms with E-state index < -0.39 is 11.9 Å².